The minimum absolute atomic E-state index is 0.274. The molecule has 6 heteroatoms. The van der Waals surface area contributed by atoms with Crippen molar-refractivity contribution in [3.63, 3.8) is 0 Å². The highest BCUT2D eigenvalue weighted by atomic mass is 35.5. The number of aromatic nitrogens is 3. The van der Waals surface area contributed by atoms with Crippen LogP contribution in [0.1, 0.15) is 10.8 Å². The number of aryl methyl sites for hydroxylation is 1. The number of fused-ring (bicyclic) bond motifs is 1. The summed E-state index contributed by atoms with van der Waals surface area (Å²) in [5.41, 5.74) is 1.58. The van der Waals surface area contributed by atoms with Gasteiger partial charge in [-0.2, -0.15) is 0 Å². The van der Waals surface area contributed by atoms with Gasteiger partial charge in [-0.25, -0.2) is 14.4 Å². The minimum atomic E-state index is -0.274. The molecule has 0 aliphatic heterocycles. The van der Waals surface area contributed by atoms with E-state index in [0.717, 1.165) is 16.3 Å². The number of thiazole rings is 1. The van der Waals surface area contributed by atoms with E-state index in [2.05, 4.69) is 14.5 Å². The molecule has 0 aliphatic carbocycles. The lowest BCUT2D eigenvalue weighted by molar-refractivity contribution is 0.629. The van der Waals surface area contributed by atoms with Crippen LogP contribution in [0.2, 0.25) is 0 Å². The Hall–Kier alpha value is -1.46. The summed E-state index contributed by atoms with van der Waals surface area (Å²) < 4.78 is 15.3. The highest BCUT2D eigenvalue weighted by Crippen LogP contribution is 2.20. The Morgan fingerprint density at radius 3 is 3.00 bits per heavy atom. The van der Waals surface area contributed by atoms with Gasteiger partial charge in [0.05, 0.1) is 17.6 Å². The summed E-state index contributed by atoms with van der Waals surface area (Å²) in [6.45, 7) is 0.645. The number of benzene rings is 1. The second-order valence-electron chi connectivity index (χ2n) is 4.11. The molecule has 3 nitrogen and oxygen atoms in total. The van der Waals surface area contributed by atoms with Gasteiger partial charge in [0.2, 0.25) is 0 Å². The first-order valence-electron chi connectivity index (χ1n) is 5.87. The summed E-state index contributed by atoms with van der Waals surface area (Å²) in [7, 11) is 0. The second kappa shape index (κ2) is 5.27. The zero-order chi connectivity index (χ0) is 13.2. The van der Waals surface area contributed by atoms with Gasteiger partial charge in [0.25, 0.3) is 0 Å². The number of imidazole rings is 1. The molecule has 0 N–H and O–H groups in total. The smallest absolute Gasteiger partial charge is 0.125 e. The van der Waals surface area contributed by atoms with E-state index in [1.807, 2.05) is 5.38 Å². The number of rotatable bonds is 4. The third-order valence-electron chi connectivity index (χ3n) is 2.88. The van der Waals surface area contributed by atoms with Gasteiger partial charge in [0, 0.05) is 29.9 Å². The Labute approximate surface area is 118 Å². The van der Waals surface area contributed by atoms with E-state index in [-0.39, 0.29) is 5.82 Å². The number of alkyl halides is 1. The van der Waals surface area contributed by atoms with Gasteiger partial charge in [-0.3, -0.25) is 0 Å². The Morgan fingerprint density at radius 2 is 2.26 bits per heavy atom. The van der Waals surface area contributed by atoms with E-state index < -0.39 is 0 Å². The summed E-state index contributed by atoms with van der Waals surface area (Å²) in [5.74, 6) is 1.08. The predicted octanol–water partition coefficient (Wildman–Crippen LogP) is 3.46. The molecule has 0 saturated carbocycles. The quantitative estimate of drug-likeness (QED) is 0.690. The number of halogens is 2. The monoisotopic (exact) mass is 295 g/mol. The lowest BCUT2D eigenvalue weighted by Crippen LogP contribution is -2.05. The van der Waals surface area contributed by atoms with Crippen LogP contribution in [-0.4, -0.2) is 20.4 Å². The van der Waals surface area contributed by atoms with Crippen molar-refractivity contribution in [3.8, 4) is 0 Å². The maximum absolute atomic E-state index is 13.3. The third kappa shape index (κ3) is 2.48. The van der Waals surface area contributed by atoms with Crippen LogP contribution in [0.3, 0.4) is 0 Å². The predicted molar refractivity (Wildman–Crippen MR) is 75.3 cm³/mol. The molecule has 1 aromatic carbocycles. The SMILES string of the molecule is Fc1ccc2c(c1)nc(CCCl)n2Cc1nccs1. The Bertz CT molecular complexity index is 693. The van der Waals surface area contributed by atoms with Crippen LogP contribution in [0.5, 0.6) is 0 Å². The van der Waals surface area contributed by atoms with Gasteiger partial charge in [0.15, 0.2) is 0 Å². The summed E-state index contributed by atoms with van der Waals surface area (Å²) in [4.78, 5) is 8.74. The summed E-state index contributed by atoms with van der Waals surface area (Å²) in [6.07, 6.45) is 2.43. The van der Waals surface area contributed by atoms with Gasteiger partial charge in [-0.05, 0) is 12.1 Å². The van der Waals surface area contributed by atoms with Gasteiger partial charge >= 0.3 is 0 Å². The highest BCUT2D eigenvalue weighted by molar-refractivity contribution is 7.09. The van der Waals surface area contributed by atoms with Crippen molar-refractivity contribution in [2.75, 3.05) is 5.88 Å². The molecule has 2 heterocycles. The lowest BCUT2D eigenvalue weighted by atomic mass is 10.3. The standard InChI is InChI=1S/C13H11ClFN3S/c14-4-3-12-17-10-7-9(15)1-2-11(10)18(12)8-13-16-5-6-19-13/h1-2,5-7H,3-4,8H2. The van der Waals surface area contributed by atoms with Gasteiger partial charge in [-0.1, -0.05) is 0 Å². The molecule has 0 saturated heterocycles. The average Bonchev–Trinajstić information content (AvgIpc) is 2.99. The summed E-state index contributed by atoms with van der Waals surface area (Å²) in [5, 5.41) is 2.94. The highest BCUT2D eigenvalue weighted by Gasteiger charge is 2.12. The molecule has 0 radical (unpaired) electrons. The fraction of sp³-hybridized carbons (Fsp3) is 0.231. The van der Waals surface area contributed by atoms with Crippen molar-refractivity contribution in [3.05, 3.63) is 46.4 Å². The van der Waals surface area contributed by atoms with Crippen LogP contribution in [0.25, 0.3) is 11.0 Å². The molecular formula is C13H11ClFN3S. The van der Waals surface area contributed by atoms with Crippen LogP contribution in [-0.2, 0) is 13.0 Å². The van der Waals surface area contributed by atoms with Crippen molar-refractivity contribution in [1.29, 1.82) is 0 Å². The van der Waals surface area contributed by atoms with Gasteiger partial charge in [0.1, 0.15) is 16.6 Å². The molecule has 0 spiro atoms. The zero-order valence-corrected chi connectivity index (χ0v) is 11.6. The van der Waals surface area contributed by atoms with Crippen LogP contribution in [0.4, 0.5) is 4.39 Å². The molecule has 3 rings (SSSR count). The second-order valence-corrected chi connectivity index (χ2v) is 5.47. The molecule has 0 atom stereocenters. The van der Waals surface area contributed by atoms with Crippen LogP contribution in [0, 0.1) is 5.82 Å². The minimum Gasteiger partial charge on any atom is -0.321 e. The normalized spacial score (nSPS) is 11.3. The Morgan fingerprint density at radius 1 is 1.37 bits per heavy atom. The Balaban J connectivity index is 2.10. The van der Waals surface area contributed by atoms with Crippen LogP contribution < -0.4 is 0 Å². The fourth-order valence-electron chi connectivity index (χ4n) is 2.07. The first-order valence-corrected chi connectivity index (χ1v) is 7.28. The Kier molecular flexibility index (Phi) is 3.48. The maximum Gasteiger partial charge on any atom is 0.125 e. The molecular weight excluding hydrogens is 285 g/mol. The van der Waals surface area contributed by atoms with E-state index >= 15 is 0 Å². The number of hydrogen-bond donors (Lipinski definition) is 0. The number of hydrogen-bond acceptors (Lipinski definition) is 3. The molecule has 98 valence electrons. The largest absolute Gasteiger partial charge is 0.321 e. The van der Waals surface area contributed by atoms with Crippen molar-refractivity contribution in [2.24, 2.45) is 0 Å². The van der Waals surface area contributed by atoms with E-state index in [9.17, 15) is 4.39 Å². The summed E-state index contributed by atoms with van der Waals surface area (Å²) >= 11 is 7.40. The zero-order valence-electron chi connectivity index (χ0n) is 10.0. The lowest BCUT2D eigenvalue weighted by Gasteiger charge is -2.06. The average molecular weight is 296 g/mol. The van der Waals surface area contributed by atoms with Gasteiger partial charge < -0.3 is 4.57 Å². The van der Waals surface area contributed by atoms with Crippen molar-refractivity contribution in [2.45, 2.75) is 13.0 Å². The molecule has 0 unspecified atom stereocenters. The molecule has 0 aliphatic rings. The van der Waals surface area contributed by atoms with Crippen LogP contribution >= 0.6 is 22.9 Å². The first kappa shape index (κ1) is 12.6. The third-order valence-corrected chi connectivity index (χ3v) is 3.84. The van der Waals surface area contributed by atoms with E-state index in [1.54, 1.807) is 23.6 Å². The molecule has 2 aromatic heterocycles. The maximum atomic E-state index is 13.3. The van der Waals surface area contributed by atoms with Crippen molar-refractivity contribution >= 4 is 34.0 Å². The number of nitrogens with zero attached hydrogens (tertiary/aromatic N) is 3. The summed E-state index contributed by atoms with van der Waals surface area (Å²) in [6, 6.07) is 4.65. The van der Waals surface area contributed by atoms with Gasteiger partial charge in [-0.15, -0.1) is 22.9 Å². The van der Waals surface area contributed by atoms with E-state index in [0.29, 0.717) is 24.4 Å². The molecule has 0 fully saturated rings. The molecule has 3 aromatic rings. The molecule has 0 amide bonds. The molecule has 19 heavy (non-hydrogen) atoms. The topological polar surface area (TPSA) is 30.7 Å². The van der Waals surface area contributed by atoms with Crippen LogP contribution in [0.15, 0.2) is 29.8 Å². The van der Waals surface area contributed by atoms with Crippen molar-refractivity contribution < 1.29 is 4.39 Å². The fourth-order valence-corrected chi connectivity index (χ4v) is 2.84. The first-order chi connectivity index (χ1) is 9.28. The van der Waals surface area contributed by atoms with E-state index in [1.165, 1.54) is 12.1 Å². The van der Waals surface area contributed by atoms with E-state index in [4.69, 9.17) is 11.6 Å². The molecule has 0 bridgehead atoms. The van der Waals surface area contributed by atoms with Crippen molar-refractivity contribution in [1.82, 2.24) is 14.5 Å².